The molecule has 1 N–H and O–H groups in total. The smallest absolute Gasteiger partial charge is 0.399 e. The minimum absolute atomic E-state index is 0.320. The Morgan fingerprint density at radius 2 is 1.73 bits per heavy atom. The first-order valence-corrected chi connectivity index (χ1v) is 8.28. The van der Waals surface area contributed by atoms with Crippen LogP contribution in [-0.2, 0) is 15.9 Å². The van der Waals surface area contributed by atoms with Gasteiger partial charge in [-0.3, -0.25) is 0 Å². The molecule has 2 heterocycles. The van der Waals surface area contributed by atoms with E-state index in [0.29, 0.717) is 0 Å². The molecule has 0 amide bonds. The third-order valence-corrected chi connectivity index (χ3v) is 5.27. The Balaban J connectivity index is 1.65. The van der Waals surface area contributed by atoms with E-state index in [0.717, 1.165) is 16.5 Å². The molecule has 1 aromatic heterocycles. The summed E-state index contributed by atoms with van der Waals surface area (Å²) in [6, 6.07) is 10.3. The fourth-order valence-corrected chi connectivity index (χ4v) is 2.98. The Kier molecular flexibility index (Phi) is 4.01. The summed E-state index contributed by atoms with van der Waals surface area (Å²) in [7, 11) is -0.338. The number of nitrogens with zero attached hydrogens (tertiary/aromatic N) is 1. The van der Waals surface area contributed by atoms with Gasteiger partial charge >= 0.3 is 7.12 Å². The van der Waals surface area contributed by atoms with E-state index < -0.39 is 0 Å². The van der Waals surface area contributed by atoms with Crippen LogP contribution in [0.2, 0.25) is 0 Å². The number of thiazole rings is 1. The Bertz CT molecular complexity index is 627. The monoisotopic (exact) mass is 316 g/mol. The Labute approximate surface area is 136 Å². The predicted molar refractivity (Wildman–Crippen MR) is 91.6 cm³/mol. The topological polar surface area (TPSA) is 43.4 Å². The molecule has 22 heavy (non-hydrogen) atoms. The van der Waals surface area contributed by atoms with Gasteiger partial charge in [0.25, 0.3) is 0 Å². The third kappa shape index (κ3) is 3.04. The lowest BCUT2D eigenvalue weighted by molar-refractivity contribution is 0.00578. The van der Waals surface area contributed by atoms with Gasteiger partial charge in [-0.2, -0.15) is 0 Å². The van der Waals surface area contributed by atoms with E-state index in [1.54, 1.807) is 11.3 Å². The summed E-state index contributed by atoms with van der Waals surface area (Å²) < 4.78 is 13.1. The van der Waals surface area contributed by atoms with Crippen LogP contribution in [0.5, 0.6) is 0 Å². The van der Waals surface area contributed by atoms with Crippen molar-refractivity contribution in [2.45, 2.75) is 45.4 Å². The molecule has 1 aromatic carbocycles. The Morgan fingerprint density at radius 3 is 2.36 bits per heavy atom. The van der Waals surface area contributed by atoms with Crippen LogP contribution in [-0.4, -0.2) is 23.3 Å². The number of hydrogen-bond donors (Lipinski definition) is 1. The van der Waals surface area contributed by atoms with Crippen molar-refractivity contribution in [1.82, 2.24) is 4.98 Å². The van der Waals surface area contributed by atoms with Gasteiger partial charge in [0.2, 0.25) is 0 Å². The van der Waals surface area contributed by atoms with Crippen molar-refractivity contribution in [2.75, 3.05) is 5.32 Å². The van der Waals surface area contributed by atoms with Gasteiger partial charge in [0, 0.05) is 12.7 Å². The van der Waals surface area contributed by atoms with E-state index >= 15 is 0 Å². The molecule has 0 saturated carbocycles. The van der Waals surface area contributed by atoms with Crippen LogP contribution in [0.4, 0.5) is 5.13 Å². The Hall–Kier alpha value is -1.37. The number of aromatic nitrogens is 1. The van der Waals surface area contributed by atoms with Gasteiger partial charge in [-0.25, -0.2) is 4.98 Å². The summed E-state index contributed by atoms with van der Waals surface area (Å²) in [5.74, 6) is 0. The third-order valence-electron chi connectivity index (χ3n) is 4.30. The molecule has 6 heteroatoms. The van der Waals surface area contributed by atoms with Gasteiger partial charge in [-0.05, 0) is 33.3 Å². The van der Waals surface area contributed by atoms with Crippen LogP contribution in [0.25, 0.3) is 0 Å². The minimum Gasteiger partial charge on any atom is -0.399 e. The van der Waals surface area contributed by atoms with Crippen molar-refractivity contribution in [3.63, 3.8) is 0 Å². The Morgan fingerprint density at radius 1 is 1.09 bits per heavy atom. The summed E-state index contributed by atoms with van der Waals surface area (Å²) in [5, 5.41) is 4.23. The highest BCUT2D eigenvalue weighted by atomic mass is 32.1. The van der Waals surface area contributed by atoms with Crippen molar-refractivity contribution in [1.29, 1.82) is 0 Å². The molecule has 1 aliphatic rings. The maximum Gasteiger partial charge on any atom is 0.507 e. The van der Waals surface area contributed by atoms with E-state index in [4.69, 9.17) is 9.31 Å². The number of hydrogen-bond acceptors (Lipinski definition) is 5. The molecule has 4 nitrogen and oxygen atoms in total. The van der Waals surface area contributed by atoms with Crippen molar-refractivity contribution in [2.24, 2.45) is 0 Å². The minimum atomic E-state index is -0.338. The lowest BCUT2D eigenvalue weighted by Gasteiger charge is -2.32. The first-order valence-electron chi connectivity index (χ1n) is 7.46. The average molecular weight is 316 g/mol. The van der Waals surface area contributed by atoms with Crippen molar-refractivity contribution >= 4 is 28.4 Å². The van der Waals surface area contributed by atoms with Gasteiger partial charge < -0.3 is 14.6 Å². The highest BCUT2D eigenvalue weighted by Gasteiger charge is 2.52. The highest BCUT2D eigenvalue weighted by Crippen LogP contribution is 2.37. The molecular formula is C16H21BN2O2S. The van der Waals surface area contributed by atoms with Crippen LogP contribution in [0.15, 0.2) is 36.5 Å². The summed E-state index contributed by atoms with van der Waals surface area (Å²) in [4.78, 5) is 4.42. The summed E-state index contributed by atoms with van der Waals surface area (Å²) in [6.45, 7) is 8.99. The zero-order valence-electron chi connectivity index (χ0n) is 13.4. The van der Waals surface area contributed by atoms with Crippen LogP contribution in [0.3, 0.4) is 0 Å². The summed E-state index contributed by atoms with van der Waals surface area (Å²) in [5.41, 5.74) is 0.591. The van der Waals surface area contributed by atoms with Crippen molar-refractivity contribution in [3.05, 3.63) is 42.1 Å². The first-order chi connectivity index (χ1) is 10.4. The molecule has 3 rings (SSSR count). The molecule has 116 valence electrons. The predicted octanol–water partition coefficient (Wildman–Crippen LogP) is 3.05. The molecule has 1 fully saturated rings. The molecular weight excluding hydrogens is 295 g/mol. The molecule has 1 saturated heterocycles. The SMILES string of the molecule is CC1(C)OB(c2cnc(NCc3ccccc3)s2)OC1(C)C. The van der Waals surface area contributed by atoms with E-state index in [9.17, 15) is 0 Å². The summed E-state index contributed by atoms with van der Waals surface area (Å²) >= 11 is 1.58. The van der Waals surface area contributed by atoms with Crippen LogP contribution in [0, 0.1) is 0 Å². The first kappa shape index (κ1) is 15.5. The van der Waals surface area contributed by atoms with Gasteiger partial charge in [-0.15, -0.1) is 11.3 Å². The fraction of sp³-hybridized carbons (Fsp3) is 0.438. The van der Waals surface area contributed by atoms with Crippen molar-refractivity contribution < 1.29 is 9.31 Å². The van der Waals surface area contributed by atoms with E-state index in [2.05, 4.69) is 50.1 Å². The standard InChI is InChI=1S/C16H21BN2O2S/c1-15(2)16(3,4)21-17(20-15)13-11-19-14(22-13)18-10-12-8-6-5-7-9-12/h5-9,11H,10H2,1-4H3,(H,18,19). The lowest BCUT2D eigenvalue weighted by atomic mass is 9.89. The van der Waals surface area contributed by atoms with Gasteiger partial charge in [0.1, 0.15) is 0 Å². The number of nitrogens with one attached hydrogen (secondary N) is 1. The number of rotatable bonds is 4. The molecule has 1 aliphatic heterocycles. The maximum absolute atomic E-state index is 6.05. The van der Waals surface area contributed by atoms with E-state index in [-0.39, 0.29) is 18.3 Å². The fourth-order valence-electron chi connectivity index (χ4n) is 2.21. The summed E-state index contributed by atoms with van der Waals surface area (Å²) in [6.07, 6.45) is 1.83. The molecule has 0 bridgehead atoms. The largest absolute Gasteiger partial charge is 0.507 e. The van der Waals surface area contributed by atoms with Gasteiger partial charge in [0.15, 0.2) is 5.13 Å². The van der Waals surface area contributed by atoms with Crippen LogP contribution in [0.1, 0.15) is 33.3 Å². The normalized spacial score (nSPS) is 19.4. The molecule has 2 aromatic rings. The van der Waals surface area contributed by atoms with Gasteiger partial charge in [0.05, 0.1) is 16.0 Å². The lowest BCUT2D eigenvalue weighted by Crippen LogP contribution is -2.41. The zero-order chi connectivity index (χ0) is 15.8. The average Bonchev–Trinajstić information content (AvgIpc) is 3.01. The second-order valence-electron chi connectivity index (χ2n) is 6.50. The molecule has 0 spiro atoms. The molecule has 0 unspecified atom stereocenters. The number of anilines is 1. The molecule has 0 aliphatic carbocycles. The van der Waals surface area contributed by atoms with Crippen LogP contribution < -0.4 is 10.1 Å². The van der Waals surface area contributed by atoms with E-state index in [1.165, 1.54) is 5.56 Å². The van der Waals surface area contributed by atoms with E-state index in [1.807, 2.05) is 24.4 Å². The second kappa shape index (κ2) is 5.68. The quantitative estimate of drug-likeness (QED) is 0.881. The zero-order valence-corrected chi connectivity index (χ0v) is 14.2. The van der Waals surface area contributed by atoms with Crippen molar-refractivity contribution in [3.8, 4) is 0 Å². The number of benzene rings is 1. The van der Waals surface area contributed by atoms with Gasteiger partial charge in [-0.1, -0.05) is 30.3 Å². The van der Waals surface area contributed by atoms with Crippen LogP contribution >= 0.6 is 11.3 Å². The molecule has 0 atom stereocenters. The molecule has 0 radical (unpaired) electrons. The highest BCUT2D eigenvalue weighted by molar-refractivity contribution is 7.25. The maximum atomic E-state index is 6.05. The second-order valence-corrected chi connectivity index (χ2v) is 7.56.